The van der Waals surface area contributed by atoms with E-state index < -0.39 is 0 Å². The van der Waals surface area contributed by atoms with Crippen molar-refractivity contribution in [2.75, 3.05) is 24.6 Å². The molecule has 0 spiro atoms. The number of esters is 1. The van der Waals surface area contributed by atoms with E-state index in [2.05, 4.69) is 37.5 Å². The van der Waals surface area contributed by atoms with Crippen LogP contribution in [0, 0.1) is 9.62 Å². The number of hydrogen-bond acceptors (Lipinski definition) is 5. The maximum atomic E-state index is 11.6. The molecule has 1 aromatic rings. The van der Waals surface area contributed by atoms with Crippen LogP contribution in [0.3, 0.4) is 0 Å². The van der Waals surface area contributed by atoms with Crippen LogP contribution in [0.25, 0.3) is 0 Å². The van der Waals surface area contributed by atoms with E-state index in [0.717, 1.165) is 35.4 Å². The van der Waals surface area contributed by atoms with Crippen LogP contribution in [0.1, 0.15) is 19.8 Å². The molecule has 1 aromatic heterocycles. The summed E-state index contributed by atoms with van der Waals surface area (Å²) in [6.07, 6.45) is 5.15. The highest BCUT2D eigenvalue weighted by molar-refractivity contribution is 14.1. The van der Waals surface area contributed by atoms with Crippen molar-refractivity contribution < 1.29 is 9.53 Å². The Bertz CT molecular complexity index is 420. The third kappa shape index (κ3) is 3.30. The summed E-state index contributed by atoms with van der Waals surface area (Å²) in [6.45, 7) is 3.96. The standard InChI is InChI=1S/C12H16IN3O2/c1-2-18-12(17)9-3-5-16(6-4-9)11-8-14-7-10(13)15-11/h7-9H,2-6H2,1H3. The fourth-order valence-corrected chi connectivity index (χ4v) is 2.50. The minimum absolute atomic E-state index is 0.0388. The maximum absolute atomic E-state index is 11.6. The summed E-state index contributed by atoms with van der Waals surface area (Å²) >= 11 is 2.15. The lowest BCUT2D eigenvalue weighted by Crippen LogP contribution is -2.37. The minimum Gasteiger partial charge on any atom is -0.466 e. The molecule has 18 heavy (non-hydrogen) atoms. The van der Waals surface area contributed by atoms with E-state index in [1.165, 1.54) is 0 Å². The number of halogens is 1. The molecule has 98 valence electrons. The molecule has 0 amide bonds. The van der Waals surface area contributed by atoms with Crippen molar-refractivity contribution in [2.24, 2.45) is 5.92 Å². The van der Waals surface area contributed by atoms with Crippen LogP contribution >= 0.6 is 22.6 Å². The van der Waals surface area contributed by atoms with E-state index in [9.17, 15) is 4.79 Å². The van der Waals surface area contributed by atoms with E-state index in [0.29, 0.717) is 6.61 Å². The van der Waals surface area contributed by atoms with Gasteiger partial charge in [0.15, 0.2) is 0 Å². The zero-order chi connectivity index (χ0) is 13.0. The van der Waals surface area contributed by atoms with Gasteiger partial charge in [0.05, 0.1) is 24.9 Å². The summed E-state index contributed by atoms with van der Waals surface area (Å²) in [5.41, 5.74) is 0. The normalized spacial score (nSPS) is 16.7. The molecule has 1 aliphatic rings. The van der Waals surface area contributed by atoms with Gasteiger partial charge in [-0.3, -0.25) is 9.78 Å². The smallest absolute Gasteiger partial charge is 0.309 e. The first-order chi connectivity index (χ1) is 8.70. The molecule has 6 heteroatoms. The Morgan fingerprint density at radius 1 is 1.50 bits per heavy atom. The van der Waals surface area contributed by atoms with Crippen molar-refractivity contribution in [2.45, 2.75) is 19.8 Å². The quantitative estimate of drug-likeness (QED) is 0.608. The number of carbonyl (C=O) groups is 1. The summed E-state index contributed by atoms with van der Waals surface area (Å²) in [5, 5.41) is 0. The van der Waals surface area contributed by atoms with Gasteiger partial charge in [0, 0.05) is 13.1 Å². The molecule has 5 nitrogen and oxygen atoms in total. The number of nitrogens with zero attached hydrogens (tertiary/aromatic N) is 3. The van der Waals surface area contributed by atoms with Gasteiger partial charge in [-0.2, -0.15) is 0 Å². The van der Waals surface area contributed by atoms with Crippen LogP contribution in [-0.4, -0.2) is 35.6 Å². The predicted octanol–water partition coefficient (Wildman–Crippen LogP) is 1.86. The molecule has 1 fully saturated rings. The van der Waals surface area contributed by atoms with E-state index in [4.69, 9.17) is 4.74 Å². The van der Waals surface area contributed by atoms with Crippen LogP contribution in [0.15, 0.2) is 12.4 Å². The van der Waals surface area contributed by atoms with Crippen molar-refractivity contribution in [3.8, 4) is 0 Å². The molecule has 0 unspecified atom stereocenters. The summed E-state index contributed by atoms with van der Waals surface area (Å²) in [4.78, 5) is 22.4. The Hall–Kier alpha value is -0.920. The number of rotatable bonds is 3. The molecule has 0 radical (unpaired) electrons. The summed E-state index contributed by atoms with van der Waals surface area (Å²) < 4.78 is 5.94. The Labute approximate surface area is 120 Å². The summed E-state index contributed by atoms with van der Waals surface area (Å²) in [6, 6.07) is 0. The van der Waals surface area contributed by atoms with Crippen LogP contribution < -0.4 is 4.90 Å². The van der Waals surface area contributed by atoms with Gasteiger partial charge in [-0.1, -0.05) is 0 Å². The van der Waals surface area contributed by atoms with Crippen molar-refractivity contribution in [3.63, 3.8) is 0 Å². The number of anilines is 1. The van der Waals surface area contributed by atoms with Crippen molar-refractivity contribution in [3.05, 3.63) is 16.1 Å². The lowest BCUT2D eigenvalue weighted by molar-refractivity contribution is -0.148. The maximum Gasteiger partial charge on any atom is 0.309 e. The van der Waals surface area contributed by atoms with Crippen LogP contribution in [0.2, 0.25) is 0 Å². The van der Waals surface area contributed by atoms with Crippen molar-refractivity contribution >= 4 is 34.4 Å². The van der Waals surface area contributed by atoms with Crippen LogP contribution in [-0.2, 0) is 9.53 Å². The monoisotopic (exact) mass is 361 g/mol. The number of aromatic nitrogens is 2. The zero-order valence-electron chi connectivity index (χ0n) is 10.3. The average Bonchev–Trinajstić information content (AvgIpc) is 2.39. The summed E-state index contributed by atoms with van der Waals surface area (Å²) in [5.74, 6) is 0.868. The van der Waals surface area contributed by atoms with Gasteiger partial charge in [-0.15, -0.1) is 0 Å². The van der Waals surface area contributed by atoms with Crippen LogP contribution in [0.5, 0.6) is 0 Å². The zero-order valence-corrected chi connectivity index (χ0v) is 12.5. The second-order valence-electron chi connectivity index (χ2n) is 4.21. The molecule has 0 aromatic carbocycles. The van der Waals surface area contributed by atoms with E-state index in [1.54, 1.807) is 12.4 Å². The van der Waals surface area contributed by atoms with Gasteiger partial charge >= 0.3 is 5.97 Å². The lowest BCUT2D eigenvalue weighted by Gasteiger charge is -2.31. The first kappa shape index (κ1) is 13.5. The molecule has 2 rings (SSSR count). The predicted molar refractivity (Wildman–Crippen MR) is 76.3 cm³/mol. The van der Waals surface area contributed by atoms with E-state index >= 15 is 0 Å². The molecule has 0 atom stereocenters. The van der Waals surface area contributed by atoms with Crippen molar-refractivity contribution in [1.29, 1.82) is 0 Å². The molecule has 0 saturated carbocycles. The van der Waals surface area contributed by atoms with Gasteiger partial charge in [-0.05, 0) is 42.4 Å². The molecule has 2 heterocycles. The number of carbonyl (C=O) groups excluding carboxylic acids is 1. The van der Waals surface area contributed by atoms with Gasteiger partial charge in [-0.25, -0.2) is 4.98 Å². The molecular formula is C12H16IN3O2. The molecule has 0 bridgehead atoms. The highest BCUT2D eigenvalue weighted by Crippen LogP contribution is 2.22. The fraction of sp³-hybridized carbons (Fsp3) is 0.583. The third-order valence-electron chi connectivity index (χ3n) is 3.03. The van der Waals surface area contributed by atoms with E-state index in [-0.39, 0.29) is 11.9 Å². The second kappa shape index (κ2) is 6.31. The molecular weight excluding hydrogens is 345 g/mol. The highest BCUT2D eigenvalue weighted by Gasteiger charge is 2.26. The van der Waals surface area contributed by atoms with Gasteiger partial charge in [0.25, 0.3) is 0 Å². The molecule has 0 aliphatic carbocycles. The Morgan fingerprint density at radius 2 is 2.22 bits per heavy atom. The Balaban J connectivity index is 1.92. The lowest BCUT2D eigenvalue weighted by atomic mass is 9.97. The second-order valence-corrected chi connectivity index (χ2v) is 5.32. The van der Waals surface area contributed by atoms with Crippen LogP contribution in [0.4, 0.5) is 5.82 Å². The molecule has 0 N–H and O–H groups in total. The molecule has 1 aliphatic heterocycles. The number of ether oxygens (including phenoxy) is 1. The Morgan fingerprint density at radius 3 is 2.83 bits per heavy atom. The van der Waals surface area contributed by atoms with Gasteiger partial charge in [0.1, 0.15) is 9.52 Å². The third-order valence-corrected chi connectivity index (χ3v) is 3.55. The highest BCUT2D eigenvalue weighted by atomic mass is 127. The number of hydrogen-bond donors (Lipinski definition) is 0. The topological polar surface area (TPSA) is 55.3 Å². The summed E-state index contributed by atoms with van der Waals surface area (Å²) in [7, 11) is 0. The van der Waals surface area contributed by atoms with Crippen molar-refractivity contribution in [1.82, 2.24) is 9.97 Å². The molecule has 1 saturated heterocycles. The first-order valence-electron chi connectivity index (χ1n) is 6.10. The SMILES string of the molecule is CCOC(=O)C1CCN(c2cncc(I)n2)CC1. The first-order valence-corrected chi connectivity index (χ1v) is 7.17. The van der Waals surface area contributed by atoms with Gasteiger partial charge < -0.3 is 9.64 Å². The van der Waals surface area contributed by atoms with E-state index in [1.807, 2.05) is 6.92 Å². The largest absolute Gasteiger partial charge is 0.466 e. The fourth-order valence-electron chi connectivity index (χ4n) is 2.09. The number of piperidine rings is 1. The Kier molecular flexibility index (Phi) is 4.73. The minimum atomic E-state index is -0.0640. The van der Waals surface area contributed by atoms with Gasteiger partial charge in [0.2, 0.25) is 0 Å². The average molecular weight is 361 g/mol.